The molecule has 0 saturated heterocycles. The third-order valence-electron chi connectivity index (χ3n) is 2.00. The average molecular weight is 197 g/mol. The summed E-state index contributed by atoms with van der Waals surface area (Å²) in [4.78, 5) is 0. The molecule has 74 valence electrons. The van der Waals surface area contributed by atoms with Crippen LogP contribution in [0.1, 0.15) is 16.7 Å². The zero-order valence-electron chi connectivity index (χ0n) is 7.84. The topological polar surface area (TPSA) is 33.0 Å². The molecule has 14 heavy (non-hydrogen) atoms. The Balaban J connectivity index is 3.23. The van der Waals surface area contributed by atoms with Crippen LogP contribution >= 0.6 is 0 Å². The number of nitrogens with zero attached hydrogens (tertiary/aromatic N) is 1. The minimum atomic E-state index is -2.90. The van der Waals surface area contributed by atoms with Crippen molar-refractivity contribution in [2.24, 2.45) is 0 Å². The van der Waals surface area contributed by atoms with Gasteiger partial charge in [-0.2, -0.15) is 14.0 Å². The van der Waals surface area contributed by atoms with Gasteiger partial charge < -0.3 is 4.74 Å². The number of hydrogen-bond acceptors (Lipinski definition) is 2. The van der Waals surface area contributed by atoms with Crippen LogP contribution < -0.4 is 4.74 Å². The molecule has 0 radical (unpaired) electrons. The fourth-order valence-corrected chi connectivity index (χ4v) is 1.12. The van der Waals surface area contributed by atoms with Gasteiger partial charge >= 0.3 is 6.61 Å². The van der Waals surface area contributed by atoms with E-state index in [1.54, 1.807) is 19.9 Å². The van der Waals surface area contributed by atoms with Gasteiger partial charge in [-0.05, 0) is 31.0 Å². The van der Waals surface area contributed by atoms with Gasteiger partial charge in [0.15, 0.2) is 0 Å². The Hall–Kier alpha value is -1.63. The van der Waals surface area contributed by atoms with E-state index in [2.05, 4.69) is 4.74 Å². The maximum Gasteiger partial charge on any atom is 0.387 e. The molecule has 0 spiro atoms. The second kappa shape index (κ2) is 4.05. The van der Waals surface area contributed by atoms with Gasteiger partial charge in [-0.3, -0.25) is 0 Å². The Morgan fingerprint density at radius 3 is 2.50 bits per heavy atom. The van der Waals surface area contributed by atoms with E-state index >= 15 is 0 Å². The number of benzene rings is 1. The molecule has 2 nitrogen and oxygen atoms in total. The van der Waals surface area contributed by atoms with Gasteiger partial charge in [0.2, 0.25) is 0 Å². The third kappa shape index (κ3) is 1.99. The minimum absolute atomic E-state index is 0.0255. The van der Waals surface area contributed by atoms with Crippen LogP contribution in [-0.2, 0) is 0 Å². The monoisotopic (exact) mass is 197 g/mol. The van der Waals surface area contributed by atoms with E-state index in [-0.39, 0.29) is 11.3 Å². The van der Waals surface area contributed by atoms with E-state index < -0.39 is 6.61 Å². The first kappa shape index (κ1) is 10.5. The van der Waals surface area contributed by atoms with Crippen molar-refractivity contribution in [3.63, 3.8) is 0 Å². The van der Waals surface area contributed by atoms with Crippen molar-refractivity contribution in [1.29, 1.82) is 5.26 Å². The van der Waals surface area contributed by atoms with Gasteiger partial charge in [-0.25, -0.2) is 0 Å². The molecule has 0 amide bonds. The van der Waals surface area contributed by atoms with Crippen LogP contribution in [0, 0.1) is 25.2 Å². The molecule has 0 unspecified atom stereocenters. The summed E-state index contributed by atoms with van der Waals surface area (Å²) in [6.45, 7) is 0.519. The lowest BCUT2D eigenvalue weighted by molar-refractivity contribution is -0.0505. The van der Waals surface area contributed by atoms with Crippen LogP contribution in [0.5, 0.6) is 5.75 Å². The molecule has 0 aromatic heterocycles. The van der Waals surface area contributed by atoms with E-state index in [0.717, 1.165) is 5.56 Å². The summed E-state index contributed by atoms with van der Waals surface area (Å²) in [7, 11) is 0. The second-order valence-electron chi connectivity index (χ2n) is 2.87. The van der Waals surface area contributed by atoms with Crippen molar-refractivity contribution >= 4 is 0 Å². The van der Waals surface area contributed by atoms with Crippen molar-refractivity contribution in [3.05, 3.63) is 28.8 Å². The van der Waals surface area contributed by atoms with Crippen molar-refractivity contribution in [2.75, 3.05) is 0 Å². The van der Waals surface area contributed by atoms with Crippen LogP contribution in [0.4, 0.5) is 8.78 Å². The number of hydrogen-bond donors (Lipinski definition) is 0. The Labute approximate surface area is 80.7 Å². The highest BCUT2D eigenvalue weighted by Crippen LogP contribution is 2.27. The van der Waals surface area contributed by atoms with E-state index in [4.69, 9.17) is 5.26 Å². The zero-order valence-corrected chi connectivity index (χ0v) is 7.84. The molecular formula is C10H9F2NO. The van der Waals surface area contributed by atoms with Crippen LogP contribution in [0.3, 0.4) is 0 Å². The van der Waals surface area contributed by atoms with Gasteiger partial charge in [0.05, 0.1) is 5.56 Å². The molecule has 0 heterocycles. The molecule has 1 rings (SSSR count). The number of alkyl halides is 2. The third-order valence-corrected chi connectivity index (χ3v) is 2.00. The van der Waals surface area contributed by atoms with E-state index in [1.165, 1.54) is 6.07 Å². The lowest BCUT2D eigenvalue weighted by Gasteiger charge is -2.11. The highest BCUT2D eigenvalue weighted by atomic mass is 19.3. The lowest BCUT2D eigenvalue weighted by atomic mass is 10.1. The van der Waals surface area contributed by atoms with Gasteiger partial charge in [0.25, 0.3) is 0 Å². The summed E-state index contributed by atoms with van der Waals surface area (Å²) in [5, 5.41) is 8.67. The molecule has 1 aromatic carbocycles. The first-order valence-corrected chi connectivity index (χ1v) is 4.01. The summed E-state index contributed by atoms with van der Waals surface area (Å²) >= 11 is 0. The first-order chi connectivity index (χ1) is 6.56. The van der Waals surface area contributed by atoms with Crippen LogP contribution in [-0.4, -0.2) is 6.61 Å². The summed E-state index contributed by atoms with van der Waals surface area (Å²) < 4.78 is 28.3. The Morgan fingerprint density at radius 2 is 2.00 bits per heavy atom. The number of ether oxygens (including phenoxy) is 1. The zero-order chi connectivity index (χ0) is 10.7. The number of nitriles is 1. The summed E-state index contributed by atoms with van der Waals surface area (Å²) in [5.74, 6) is -0.0255. The molecule has 0 aliphatic rings. The highest BCUT2D eigenvalue weighted by Gasteiger charge is 2.13. The van der Waals surface area contributed by atoms with E-state index in [9.17, 15) is 8.78 Å². The highest BCUT2D eigenvalue weighted by molar-refractivity contribution is 5.51. The maximum atomic E-state index is 12.0. The predicted molar refractivity (Wildman–Crippen MR) is 47.3 cm³/mol. The van der Waals surface area contributed by atoms with E-state index in [1.807, 2.05) is 6.07 Å². The SMILES string of the molecule is Cc1ccc(C#N)c(OC(F)F)c1C. The molecule has 0 aliphatic carbocycles. The maximum absolute atomic E-state index is 12.0. The molecular weight excluding hydrogens is 188 g/mol. The molecule has 0 fully saturated rings. The number of rotatable bonds is 2. The van der Waals surface area contributed by atoms with Crippen molar-refractivity contribution in [1.82, 2.24) is 0 Å². The van der Waals surface area contributed by atoms with Gasteiger partial charge in [-0.1, -0.05) is 6.07 Å². The molecule has 0 N–H and O–H groups in total. The lowest BCUT2D eigenvalue weighted by Crippen LogP contribution is -2.05. The van der Waals surface area contributed by atoms with E-state index in [0.29, 0.717) is 5.56 Å². The quantitative estimate of drug-likeness (QED) is 0.730. The number of halogens is 2. The molecule has 0 bridgehead atoms. The summed E-state index contributed by atoms with van der Waals surface area (Å²) in [6.07, 6.45) is 0. The van der Waals surface area contributed by atoms with Crippen LogP contribution in [0.25, 0.3) is 0 Å². The average Bonchev–Trinajstić information content (AvgIpc) is 2.13. The van der Waals surface area contributed by atoms with Crippen molar-refractivity contribution in [2.45, 2.75) is 20.5 Å². The summed E-state index contributed by atoms with van der Waals surface area (Å²) in [6, 6.07) is 4.98. The summed E-state index contributed by atoms with van der Waals surface area (Å²) in [5.41, 5.74) is 1.53. The Bertz CT molecular complexity index is 382. The molecule has 0 aliphatic heterocycles. The smallest absolute Gasteiger partial charge is 0.387 e. The molecule has 4 heteroatoms. The standard InChI is InChI=1S/C10H9F2NO/c1-6-3-4-8(5-13)9(7(6)2)14-10(11)12/h3-4,10H,1-2H3. The van der Waals surface area contributed by atoms with Gasteiger partial charge in [-0.15, -0.1) is 0 Å². The largest absolute Gasteiger partial charge is 0.433 e. The number of aryl methyl sites for hydroxylation is 1. The fraction of sp³-hybridized carbons (Fsp3) is 0.300. The van der Waals surface area contributed by atoms with Gasteiger partial charge in [0, 0.05) is 0 Å². The Kier molecular flexibility index (Phi) is 3.03. The molecule has 0 atom stereocenters. The molecule has 1 aromatic rings. The second-order valence-corrected chi connectivity index (χ2v) is 2.87. The fourth-order valence-electron chi connectivity index (χ4n) is 1.12. The molecule has 0 saturated carbocycles. The van der Waals surface area contributed by atoms with Crippen molar-refractivity contribution in [3.8, 4) is 11.8 Å². The Morgan fingerprint density at radius 1 is 1.36 bits per heavy atom. The van der Waals surface area contributed by atoms with Gasteiger partial charge in [0.1, 0.15) is 11.8 Å². The van der Waals surface area contributed by atoms with Crippen molar-refractivity contribution < 1.29 is 13.5 Å². The first-order valence-electron chi connectivity index (χ1n) is 4.01. The predicted octanol–water partition coefficient (Wildman–Crippen LogP) is 2.78. The normalized spacial score (nSPS) is 10.0. The minimum Gasteiger partial charge on any atom is -0.433 e. The van der Waals surface area contributed by atoms with Crippen LogP contribution in [0.2, 0.25) is 0 Å². The van der Waals surface area contributed by atoms with Crippen LogP contribution in [0.15, 0.2) is 12.1 Å².